The summed E-state index contributed by atoms with van der Waals surface area (Å²) in [6.07, 6.45) is 2.19. The summed E-state index contributed by atoms with van der Waals surface area (Å²) in [7, 11) is 0. The first-order chi connectivity index (χ1) is 10.3. The molecular formula is C19H29NO2. The maximum absolute atomic E-state index is 12.7. The van der Waals surface area contributed by atoms with E-state index in [9.17, 15) is 9.90 Å². The number of carbonyl (C=O) groups excluding carboxylic acids is 1. The Morgan fingerprint density at radius 3 is 2.59 bits per heavy atom. The highest BCUT2D eigenvalue weighted by molar-refractivity contribution is 5.78. The average molecular weight is 303 g/mol. The van der Waals surface area contributed by atoms with E-state index in [1.807, 2.05) is 11.8 Å². The van der Waals surface area contributed by atoms with Gasteiger partial charge in [0.15, 0.2) is 0 Å². The molecule has 2 unspecified atom stereocenters. The van der Waals surface area contributed by atoms with Gasteiger partial charge in [0.2, 0.25) is 5.91 Å². The average Bonchev–Trinajstić information content (AvgIpc) is 2.47. The van der Waals surface area contributed by atoms with Crippen molar-refractivity contribution >= 4 is 5.91 Å². The standard InChI is InChI=1S/C19H29NO2/c1-14-7-9-17(10-8-14)19(3,4)12-18(22)20-11-5-6-16(13-20)15(2)21/h7-10,15-16,21H,5-6,11-13H2,1-4H3. The number of hydrogen-bond donors (Lipinski definition) is 1. The molecule has 0 bridgehead atoms. The number of likely N-dealkylation sites (tertiary alicyclic amines) is 1. The first-order valence-corrected chi connectivity index (χ1v) is 8.32. The Morgan fingerprint density at radius 1 is 1.36 bits per heavy atom. The van der Waals surface area contributed by atoms with Gasteiger partial charge in [-0.15, -0.1) is 0 Å². The number of aliphatic hydroxyl groups is 1. The number of benzene rings is 1. The van der Waals surface area contributed by atoms with Crippen molar-refractivity contribution in [1.29, 1.82) is 0 Å². The number of amides is 1. The van der Waals surface area contributed by atoms with E-state index in [4.69, 9.17) is 0 Å². The molecule has 1 fully saturated rings. The molecule has 0 aromatic heterocycles. The summed E-state index contributed by atoms with van der Waals surface area (Å²) in [5.41, 5.74) is 2.28. The summed E-state index contributed by atoms with van der Waals surface area (Å²) >= 11 is 0. The molecule has 1 N–H and O–H groups in total. The fourth-order valence-corrected chi connectivity index (χ4v) is 3.23. The predicted molar refractivity (Wildman–Crippen MR) is 89.8 cm³/mol. The zero-order chi connectivity index (χ0) is 16.3. The van der Waals surface area contributed by atoms with E-state index in [0.717, 1.165) is 19.4 Å². The van der Waals surface area contributed by atoms with Crippen LogP contribution in [-0.2, 0) is 10.2 Å². The lowest BCUT2D eigenvalue weighted by atomic mass is 9.80. The van der Waals surface area contributed by atoms with Gasteiger partial charge in [-0.25, -0.2) is 0 Å². The molecule has 3 nitrogen and oxygen atoms in total. The lowest BCUT2D eigenvalue weighted by molar-refractivity contribution is -0.135. The van der Waals surface area contributed by atoms with Crippen molar-refractivity contribution in [3.63, 3.8) is 0 Å². The summed E-state index contributed by atoms with van der Waals surface area (Å²) in [5, 5.41) is 9.78. The van der Waals surface area contributed by atoms with Gasteiger partial charge >= 0.3 is 0 Å². The first-order valence-electron chi connectivity index (χ1n) is 8.32. The highest BCUT2D eigenvalue weighted by atomic mass is 16.3. The summed E-state index contributed by atoms with van der Waals surface area (Å²) in [6, 6.07) is 8.45. The van der Waals surface area contributed by atoms with Gasteiger partial charge in [0, 0.05) is 25.4 Å². The Balaban J connectivity index is 2.02. The zero-order valence-corrected chi connectivity index (χ0v) is 14.3. The number of carbonyl (C=O) groups is 1. The number of hydrogen-bond acceptors (Lipinski definition) is 2. The van der Waals surface area contributed by atoms with Crippen molar-refractivity contribution in [3.8, 4) is 0 Å². The molecule has 1 aliphatic rings. The normalized spacial score (nSPS) is 20.8. The quantitative estimate of drug-likeness (QED) is 0.927. The molecule has 0 spiro atoms. The third kappa shape index (κ3) is 4.10. The number of nitrogens with zero attached hydrogens (tertiary/aromatic N) is 1. The van der Waals surface area contributed by atoms with E-state index in [2.05, 4.69) is 45.0 Å². The molecule has 0 radical (unpaired) electrons. The topological polar surface area (TPSA) is 40.5 Å². The fourth-order valence-electron chi connectivity index (χ4n) is 3.23. The van der Waals surface area contributed by atoms with Crippen molar-refractivity contribution in [3.05, 3.63) is 35.4 Å². The molecule has 0 aliphatic carbocycles. The highest BCUT2D eigenvalue weighted by Crippen LogP contribution is 2.29. The van der Waals surface area contributed by atoms with Crippen LogP contribution in [0.5, 0.6) is 0 Å². The van der Waals surface area contributed by atoms with Gasteiger partial charge < -0.3 is 10.0 Å². The lowest BCUT2D eigenvalue weighted by Gasteiger charge is -2.36. The Bertz CT molecular complexity index is 505. The predicted octanol–water partition coefficient (Wildman–Crippen LogP) is 3.28. The van der Waals surface area contributed by atoms with Crippen LogP contribution in [0.4, 0.5) is 0 Å². The summed E-state index contributed by atoms with van der Waals surface area (Å²) < 4.78 is 0. The zero-order valence-electron chi connectivity index (χ0n) is 14.3. The van der Waals surface area contributed by atoms with Crippen LogP contribution in [0.2, 0.25) is 0 Å². The molecule has 1 amide bonds. The summed E-state index contributed by atoms with van der Waals surface area (Å²) in [4.78, 5) is 14.6. The van der Waals surface area contributed by atoms with E-state index < -0.39 is 0 Å². The lowest BCUT2D eigenvalue weighted by Crippen LogP contribution is -2.44. The van der Waals surface area contributed by atoms with E-state index in [0.29, 0.717) is 13.0 Å². The minimum absolute atomic E-state index is 0.164. The van der Waals surface area contributed by atoms with E-state index in [-0.39, 0.29) is 23.3 Å². The molecule has 1 aliphatic heterocycles. The summed E-state index contributed by atoms with van der Waals surface area (Å²) in [6.45, 7) is 9.69. The molecule has 22 heavy (non-hydrogen) atoms. The Kier molecular flexibility index (Phi) is 5.28. The fraction of sp³-hybridized carbons (Fsp3) is 0.632. The van der Waals surface area contributed by atoms with E-state index >= 15 is 0 Å². The van der Waals surface area contributed by atoms with Crippen LogP contribution in [0.3, 0.4) is 0 Å². The van der Waals surface area contributed by atoms with Crippen molar-refractivity contribution in [1.82, 2.24) is 4.90 Å². The monoisotopic (exact) mass is 303 g/mol. The highest BCUT2D eigenvalue weighted by Gasteiger charge is 2.30. The number of rotatable bonds is 4. The van der Waals surface area contributed by atoms with Gasteiger partial charge in [-0.3, -0.25) is 4.79 Å². The van der Waals surface area contributed by atoms with Crippen molar-refractivity contribution in [2.45, 2.75) is 58.5 Å². The molecular weight excluding hydrogens is 274 g/mol. The van der Waals surface area contributed by atoms with Gasteiger partial charge in [0.05, 0.1) is 6.10 Å². The smallest absolute Gasteiger partial charge is 0.223 e. The second kappa shape index (κ2) is 6.82. The molecule has 2 rings (SSSR count). The van der Waals surface area contributed by atoms with Crippen LogP contribution in [0.15, 0.2) is 24.3 Å². The van der Waals surface area contributed by atoms with Crippen LogP contribution >= 0.6 is 0 Å². The second-order valence-corrected chi connectivity index (χ2v) is 7.41. The van der Waals surface area contributed by atoms with Crippen LogP contribution < -0.4 is 0 Å². The number of aliphatic hydroxyl groups excluding tert-OH is 1. The van der Waals surface area contributed by atoms with Crippen LogP contribution in [0.1, 0.15) is 51.2 Å². The maximum Gasteiger partial charge on any atom is 0.223 e. The van der Waals surface area contributed by atoms with Crippen LogP contribution in [0.25, 0.3) is 0 Å². The minimum Gasteiger partial charge on any atom is -0.393 e. The molecule has 1 aromatic carbocycles. The SMILES string of the molecule is Cc1ccc(C(C)(C)CC(=O)N2CCCC(C(C)O)C2)cc1. The first kappa shape index (κ1) is 17.0. The Morgan fingerprint density at radius 2 is 2.00 bits per heavy atom. The molecule has 122 valence electrons. The Labute approximate surface area is 134 Å². The molecule has 3 heteroatoms. The molecule has 0 saturated carbocycles. The minimum atomic E-state index is -0.333. The van der Waals surface area contributed by atoms with Gasteiger partial charge in [0.1, 0.15) is 0 Å². The van der Waals surface area contributed by atoms with E-state index in [1.54, 1.807) is 0 Å². The third-order valence-electron chi connectivity index (χ3n) is 4.92. The molecule has 1 saturated heterocycles. The maximum atomic E-state index is 12.7. The third-order valence-corrected chi connectivity index (χ3v) is 4.92. The molecule has 1 heterocycles. The number of aryl methyl sites for hydroxylation is 1. The van der Waals surface area contributed by atoms with Crippen molar-refractivity contribution in [2.24, 2.45) is 5.92 Å². The summed E-state index contributed by atoms with van der Waals surface area (Å²) in [5.74, 6) is 0.427. The van der Waals surface area contributed by atoms with Crippen molar-refractivity contribution < 1.29 is 9.90 Å². The van der Waals surface area contributed by atoms with Gasteiger partial charge in [0.25, 0.3) is 0 Å². The van der Waals surface area contributed by atoms with Gasteiger partial charge in [-0.1, -0.05) is 43.7 Å². The van der Waals surface area contributed by atoms with Crippen molar-refractivity contribution in [2.75, 3.05) is 13.1 Å². The number of piperidine rings is 1. The largest absolute Gasteiger partial charge is 0.393 e. The second-order valence-electron chi connectivity index (χ2n) is 7.41. The van der Waals surface area contributed by atoms with Gasteiger partial charge in [-0.05, 0) is 37.7 Å². The molecule has 2 atom stereocenters. The van der Waals surface area contributed by atoms with Crippen LogP contribution in [0, 0.1) is 12.8 Å². The molecule has 1 aromatic rings. The van der Waals surface area contributed by atoms with Gasteiger partial charge in [-0.2, -0.15) is 0 Å². The van der Waals surface area contributed by atoms with E-state index in [1.165, 1.54) is 11.1 Å². The Hall–Kier alpha value is -1.35. The van der Waals surface area contributed by atoms with Crippen LogP contribution in [-0.4, -0.2) is 35.1 Å².